The Morgan fingerprint density at radius 2 is 1.75 bits per heavy atom. The van der Waals surface area contributed by atoms with Gasteiger partial charge >= 0.3 is 6.18 Å². The van der Waals surface area contributed by atoms with E-state index in [1.165, 1.54) is 17.6 Å². The molecule has 36 heavy (non-hydrogen) atoms. The van der Waals surface area contributed by atoms with Crippen molar-refractivity contribution in [3.63, 3.8) is 0 Å². The van der Waals surface area contributed by atoms with Crippen LogP contribution in [-0.2, 0) is 23.1 Å². The summed E-state index contributed by atoms with van der Waals surface area (Å²) in [6, 6.07) is 11.0. The van der Waals surface area contributed by atoms with Gasteiger partial charge in [0.05, 0.1) is 21.7 Å². The van der Waals surface area contributed by atoms with Gasteiger partial charge < -0.3 is 8.97 Å². The monoisotopic (exact) mass is 552 g/mol. The van der Waals surface area contributed by atoms with Crippen molar-refractivity contribution in [2.24, 2.45) is 7.05 Å². The van der Waals surface area contributed by atoms with Crippen LogP contribution in [0, 0.1) is 0 Å². The lowest BCUT2D eigenvalue weighted by atomic mass is 10.1. The number of nitrogens with zero attached hydrogens (tertiary/aromatic N) is 4. The van der Waals surface area contributed by atoms with Crippen molar-refractivity contribution in [1.29, 1.82) is 0 Å². The number of alkyl halides is 3. The molecule has 0 bridgehead atoms. The van der Waals surface area contributed by atoms with Crippen LogP contribution in [0.1, 0.15) is 12.5 Å². The summed E-state index contributed by atoms with van der Waals surface area (Å²) in [6.45, 7) is 1.52. The van der Waals surface area contributed by atoms with Crippen molar-refractivity contribution < 1.29 is 21.6 Å². The minimum atomic E-state index is -4.59. The van der Waals surface area contributed by atoms with E-state index in [9.17, 15) is 21.6 Å². The lowest BCUT2D eigenvalue weighted by Crippen LogP contribution is -2.07. The van der Waals surface area contributed by atoms with E-state index in [1.807, 2.05) is 0 Å². The van der Waals surface area contributed by atoms with Gasteiger partial charge in [-0.05, 0) is 42.0 Å². The van der Waals surface area contributed by atoms with Crippen LogP contribution in [0.3, 0.4) is 0 Å². The fourth-order valence-electron chi connectivity index (χ4n) is 4.18. The molecule has 0 N–H and O–H groups in total. The summed E-state index contributed by atoms with van der Waals surface area (Å²) in [5.41, 5.74) is 1.33. The maximum Gasteiger partial charge on any atom is 0.417 e. The third-order valence-corrected chi connectivity index (χ3v) is 8.09. The Morgan fingerprint density at radius 3 is 2.39 bits per heavy atom. The highest BCUT2D eigenvalue weighted by Crippen LogP contribution is 2.38. The second kappa shape index (κ2) is 8.50. The molecular formula is C24H17Cl2F3N4O2S. The number of fused-ring (bicyclic) bond motifs is 2. The van der Waals surface area contributed by atoms with Crippen LogP contribution in [0.2, 0.25) is 10.0 Å². The first-order chi connectivity index (χ1) is 16.9. The van der Waals surface area contributed by atoms with Gasteiger partial charge in [0.1, 0.15) is 11.2 Å². The third-order valence-electron chi connectivity index (χ3n) is 5.91. The fraction of sp³-hybridized carbons (Fsp3) is 0.167. The zero-order valence-corrected chi connectivity index (χ0v) is 21.1. The number of aryl methyl sites for hydroxylation is 1. The van der Waals surface area contributed by atoms with Crippen molar-refractivity contribution in [3.05, 3.63) is 70.5 Å². The van der Waals surface area contributed by atoms with Crippen LogP contribution < -0.4 is 0 Å². The molecule has 186 valence electrons. The number of hydrogen-bond acceptors (Lipinski definition) is 4. The second-order valence-electron chi connectivity index (χ2n) is 8.15. The van der Waals surface area contributed by atoms with E-state index in [0.29, 0.717) is 26.7 Å². The molecule has 5 rings (SSSR count). The average Bonchev–Trinajstić information content (AvgIpc) is 3.35. The van der Waals surface area contributed by atoms with Gasteiger partial charge in [-0.15, -0.1) is 0 Å². The minimum Gasteiger partial charge on any atom is -0.312 e. The summed E-state index contributed by atoms with van der Waals surface area (Å²) >= 11 is 12.4. The molecule has 0 amide bonds. The second-order valence-corrected chi connectivity index (χ2v) is 11.3. The summed E-state index contributed by atoms with van der Waals surface area (Å²) < 4.78 is 69.3. The number of rotatable bonds is 4. The van der Waals surface area contributed by atoms with Crippen molar-refractivity contribution in [2.45, 2.75) is 18.0 Å². The van der Waals surface area contributed by atoms with Gasteiger partial charge in [0, 0.05) is 35.1 Å². The summed E-state index contributed by atoms with van der Waals surface area (Å²) in [5, 5.41) is 0.823. The van der Waals surface area contributed by atoms with Crippen molar-refractivity contribution in [1.82, 2.24) is 18.9 Å². The van der Waals surface area contributed by atoms with Gasteiger partial charge in [-0.1, -0.05) is 36.2 Å². The average molecular weight is 553 g/mol. The van der Waals surface area contributed by atoms with Crippen molar-refractivity contribution in [3.8, 4) is 22.6 Å². The first-order valence-electron chi connectivity index (χ1n) is 10.6. The maximum absolute atomic E-state index is 13.3. The van der Waals surface area contributed by atoms with Crippen LogP contribution in [0.15, 0.2) is 59.8 Å². The molecule has 12 heteroatoms. The number of pyridine rings is 2. The summed E-state index contributed by atoms with van der Waals surface area (Å²) in [4.78, 5) is 8.34. The summed E-state index contributed by atoms with van der Waals surface area (Å²) in [6.07, 6.45) is -2.19. The highest BCUT2D eigenvalue weighted by Gasteiger charge is 2.32. The Kier molecular flexibility index (Phi) is 5.81. The zero-order chi connectivity index (χ0) is 26.0. The molecule has 0 aliphatic heterocycles. The minimum absolute atomic E-state index is 0.0000241. The number of benzene rings is 1. The molecule has 0 fully saturated rings. The molecule has 0 aliphatic carbocycles. The van der Waals surface area contributed by atoms with Gasteiger partial charge in [-0.2, -0.15) is 13.2 Å². The molecule has 0 aliphatic rings. The first-order valence-corrected chi connectivity index (χ1v) is 13.0. The van der Waals surface area contributed by atoms with Crippen molar-refractivity contribution in [2.75, 3.05) is 5.75 Å². The lowest BCUT2D eigenvalue weighted by molar-refractivity contribution is -0.137. The third kappa shape index (κ3) is 4.03. The van der Waals surface area contributed by atoms with E-state index in [2.05, 4.69) is 9.97 Å². The molecule has 6 nitrogen and oxygen atoms in total. The van der Waals surface area contributed by atoms with Gasteiger partial charge in [-0.3, -0.25) is 0 Å². The lowest BCUT2D eigenvalue weighted by Gasteiger charge is -2.09. The van der Waals surface area contributed by atoms with E-state index >= 15 is 0 Å². The number of halogens is 5. The van der Waals surface area contributed by atoms with Crippen LogP contribution in [0.5, 0.6) is 0 Å². The normalized spacial score (nSPS) is 12.6. The number of hydrogen-bond donors (Lipinski definition) is 0. The largest absolute Gasteiger partial charge is 0.417 e. The summed E-state index contributed by atoms with van der Waals surface area (Å²) in [5.74, 6) is -0.0274. The summed E-state index contributed by atoms with van der Waals surface area (Å²) in [7, 11) is -2.19. The molecule has 4 heterocycles. The molecule has 5 aromatic rings. The highest BCUT2D eigenvalue weighted by atomic mass is 35.5. The highest BCUT2D eigenvalue weighted by molar-refractivity contribution is 7.91. The number of imidazole rings is 1. The molecule has 0 spiro atoms. The van der Waals surface area contributed by atoms with Crippen LogP contribution in [-0.4, -0.2) is 33.1 Å². The molecule has 0 radical (unpaired) electrons. The Hall–Kier alpha value is -3.08. The molecule has 1 aromatic carbocycles. The standard InChI is InChI=1S/C24H17Cl2F3N4O2S/c1-3-36(34,35)20-11-19-17(13-7-15(25)10-16(26)8-13)5-4-6-33(19)21(20)23-31-18-9-14(24(27,28)29)12-30-22(18)32(23)2/h4-12H,3H2,1-2H3. The van der Waals surface area contributed by atoms with Crippen LogP contribution in [0.4, 0.5) is 13.2 Å². The number of sulfone groups is 1. The quantitative estimate of drug-likeness (QED) is 0.249. The molecule has 0 unspecified atom stereocenters. The van der Waals surface area contributed by atoms with E-state index in [-0.39, 0.29) is 33.3 Å². The van der Waals surface area contributed by atoms with Crippen LogP contribution >= 0.6 is 23.2 Å². The molecule has 0 atom stereocenters. The fourth-order valence-corrected chi connectivity index (χ4v) is 5.79. The van der Waals surface area contributed by atoms with E-state index < -0.39 is 21.6 Å². The van der Waals surface area contributed by atoms with Crippen molar-refractivity contribution >= 4 is 49.7 Å². The first kappa shape index (κ1) is 24.6. The van der Waals surface area contributed by atoms with Gasteiger partial charge in [0.25, 0.3) is 0 Å². The SMILES string of the molecule is CCS(=O)(=O)c1cc2c(-c3cc(Cl)cc(Cl)c3)cccn2c1-c1nc2cc(C(F)(F)F)cnc2n1C. The van der Waals surface area contributed by atoms with E-state index in [4.69, 9.17) is 23.2 Å². The number of aromatic nitrogens is 4. The van der Waals surface area contributed by atoms with E-state index in [1.54, 1.807) is 48.0 Å². The molecular weight excluding hydrogens is 536 g/mol. The smallest absolute Gasteiger partial charge is 0.312 e. The Labute approximate surface area is 213 Å². The molecule has 4 aromatic heterocycles. The van der Waals surface area contributed by atoms with Gasteiger partial charge in [-0.25, -0.2) is 18.4 Å². The van der Waals surface area contributed by atoms with Gasteiger partial charge in [0.2, 0.25) is 0 Å². The predicted octanol–water partition coefficient (Wildman–Crippen LogP) is 6.67. The Morgan fingerprint density at radius 1 is 1.06 bits per heavy atom. The predicted molar refractivity (Wildman–Crippen MR) is 133 cm³/mol. The zero-order valence-electron chi connectivity index (χ0n) is 18.8. The topological polar surface area (TPSA) is 69.3 Å². The molecule has 0 saturated heterocycles. The van der Waals surface area contributed by atoms with Crippen LogP contribution in [0.25, 0.3) is 39.3 Å². The van der Waals surface area contributed by atoms with Gasteiger partial charge in [0.15, 0.2) is 21.3 Å². The van der Waals surface area contributed by atoms with E-state index in [0.717, 1.165) is 12.3 Å². The Balaban J connectivity index is 1.86. The Bertz CT molecular complexity index is 1760. The maximum atomic E-state index is 13.3. The molecule has 0 saturated carbocycles.